The van der Waals surface area contributed by atoms with Gasteiger partial charge in [-0.15, -0.1) is 0 Å². The molecule has 3 heterocycles. The summed E-state index contributed by atoms with van der Waals surface area (Å²) >= 11 is 0. The predicted octanol–water partition coefficient (Wildman–Crippen LogP) is 9.39. The van der Waals surface area contributed by atoms with Gasteiger partial charge >= 0.3 is 5.97 Å². The zero-order valence-electron chi connectivity index (χ0n) is 27.7. The first-order valence-corrected chi connectivity index (χ1v) is 16.5. The third kappa shape index (κ3) is 4.67. The third-order valence-electron chi connectivity index (χ3n) is 9.81. The van der Waals surface area contributed by atoms with Crippen LogP contribution in [0.3, 0.4) is 0 Å². The van der Waals surface area contributed by atoms with Crippen LogP contribution < -0.4 is 4.90 Å². The number of hydrogen-bond acceptors (Lipinski definition) is 3. The van der Waals surface area contributed by atoms with Gasteiger partial charge in [0.05, 0.1) is 11.1 Å². The summed E-state index contributed by atoms with van der Waals surface area (Å²) in [5.74, 6) is -0.308. The van der Waals surface area contributed by atoms with E-state index in [0.717, 1.165) is 86.4 Å². The molecular formula is C42H39N3O2. The maximum atomic E-state index is 13.5. The molecule has 0 N–H and O–H groups in total. The highest BCUT2D eigenvalue weighted by atomic mass is 16.5. The van der Waals surface area contributed by atoms with Crippen LogP contribution in [0, 0.1) is 26.3 Å². The topological polar surface area (TPSA) is 39.4 Å². The van der Waals surface area contributed by atoms with Crippen LogP contribution in [0.15, 0.2) is 97.1 Å². The number of aromatic nitrogens is 2. The number of rotatable bonds is 8. The minimum absolute atomic E-state index is 0.308. The molecular weight excluding hydrogens is 578 g/mol. The molecule has 234 valence electrons. The maximum Gasteiger partial charge on any atom is 0.339 e. The van der Waals surface area contributed by atoms with Gasteiger partial charge in [-0.2, -0.15) is 0 Å². The molecule has 7 rings (SSSR count). The molecule has 1 aliphatic heterocycles. The summed E-state index contributed by atoms with van der Waals surface area (Å²) in [5.41, 5.74) is 12.0. The second-order valence-corrected chi connectivity index (χ2v) is 12.0. The largest absolute Gasteiger partial charge is 0.449 e. The smallest absolute Gasteiger partial charge is 0.339 e. The Hall–Kier alpha value is -5.47. The normalized spacial score (nSPS) is 14.6. The number of anilines is 1. The number of cyclic esters (lactones) is 1. The first-order valence-electron chi connectivity index (χ1n) is 16.5. The van der Waals surface area contributed by atoms with Crippen molar-refractivity contribution < 1.29 is 9.53 Å². The van der Waals surface area contributed by atoms with E-state index in [9.17, 15) is 4.79 Å². The lowest BCUT2D eigenvalue weighted by atomic mass is 9.82. The standard InChI is InChI=1S/C42H39N3O2/c1-7-43(8-2)30-25-23-29(24-26-30)39(41-31-17-11-12-18-32(31)42(46)47-41)40(37-27(5)44(9-3)35-21-15-13-19-33(35)37)38-28(6)45(10-4)36-22-16-14-20-34(36)38/h3,11-26,41H,7-8,10H2,1-2,4-6H3. The van der Waals surface area contributed by atoms with E-state index in [-0.39, 0.29) is 5.97 Å². The number of terminal acetylenes is 1. The van der Waals surface area contributed by atoms with Crippen molar-refractivity contribution in [3.63, 3.8) is 0 Å². The predicted molar refractivity (Wildman–Crippen MR) is 194 cm³/mol. The van der Waals surface area contributed by atoms with Crippen molar-refractivity contribution in [1.82, 2.24) is 9.13 Å². The number of aryl methyl sites for hydroxylation is 1. The van der Waals surface area contributed by atoms with Gasteiger partial charge in [0, 0.05) is 86.9 Å². The Kier molecular flexibility index (Phi) is 7.74. The Morgan fingerprint density at radius 3 is 2.04 bits per heavy atom. The lowest BCUT2D eigenvalue weighted by Crippen LogP contribution is -2.21. The lowest BCUT2D eigenvalue weighted by molar-refractivity contribution is 0.0482. The van der Waals surface area contributed by atoms with Crippen molar-refractivity contribution in [2.75, 3.05) is 18.0 Å². The van der Waals surface area contributed by atoms with Crippen LogP contribution in [-0.2, 0) is 11.3 Å². The van der Waals surface area contributed by atoms with Crippen molar-refractivity contribution >= 4 is 44.6 Å². The van der Waals surface area contributed by atoms with Crippen LogP contribution in [0.25, 0.3) is 33.0 Å². The molecule has 0 fully saturated rings. The highest BCUT2D eigenvalue weighted by molar-refractivity contribution is 6.14. The molecule has 1 aliphatic rings. The monoisotopic (exact) mass is 617 g/mol. The van der Waals surface area contributed by atoms with Gasteiger partial charge in [0.1, 0.15) is 0 Å². The molecule has 47 heavy (non-hydrogen) atoms. The van der Waals surface area contributed by atoms with Gasteiger partial charge in [0.2, 0.25) is 0 Å². The zero-order valence-corrected chi connectivity index (χ0v) is 27.7. The Labute approximate surface area is 276 Å². The van der Waals surface area contributed by atoms with Crippen molar-refractivity contribution in [3.05, 3.63) is 136 Å². The van der Waals surface area contributed by atoms with E-state index in [4.69, 9.17) is 11.2 Å². The number of carbonyl (C=O) groups excluding carboxylic acids is 1. The molecule has 0 aliphatic carbocycles. The number of para-hydroxylation sites is 2. The number of fused-ring (bicyclic) bond motifs is 3. The maximum absolute atomic E-state index is 13.5. The molecule has 0 bridgehead atoms. The summed E-state index contributed by atoms with van der Waals surface area (Å²) in [7, 11) is 0. The summed E-state index contributed by atoms with van der Waals surface area (Å²) in [4.78, 5) is 15.8. The summed E-state index contributed by atoms with van der Waals surface area (Å²) in [6.07, 6.45) is 5.57. The Morgan fingerprint density at radius 2 is 1.38 bits per heavy atom. The Morgan fingerprint density at radius 1 is 0.787 bits per heavy atom. The van der Waals surface area contributed by atoms with E-state index in [1.165, 1.54) is 5.52 Å². The first-order chi connectivity index (χ1) is 22.9. The highest BCUT2D eigenvalue weighted by Crippen LogP contribution is 2.50. The molecule has 0 spiro atoms. The van der Waals surface area contributed by atoms with Crippen molar-refractivity contribution in [1.29, 1.82) is 0 Å². The van der Waals surface area contributed by atoms with Gasteiger partial charge < -0.3 is 14.2 Å². The molecule has 0 saturated carbocycles. The molecule has 0 amide bonds. The van der Waals surface area contributed by atoms with Gasteiger partial charge in [-0.3, -0.25) is 4.57 Å². The molecule has 6 aromatic rings. The minimum atomic E-state index is -0.622. The molecule has 0 radical (unpaired) electrons. The summed E-state index contributed by atoms with van der Waals surface area (Å²) in [6.45, 7) is 13.5. The number of esters is 1. The summed E-state index contributed by atoms with van der Waals surface area (Å²) < 4.78 is 10.7. The molecule has 1 unspecified atom stereocenters. The highest BCUT2D eigenvalue weighted by Gasteiger charge is 2.38. The molecule has 5 heteroatoms. The molecule has 5 nitrogen and oxygen atoms in total. The molecule has 2 aromatic heterocycles. The van der Waals surface area contributed by atoms with Gasteiger partial charge in [-0.25, -0.2) is 4.79 Å². The first kappa shape index (κ1) is 30.2. The average molecular weight is 618 g/mol. The van der Waals surface area contributed by atoms with Crippen LogP contribution >= 0.6 is 0 Å². The number of carbonyl (C=O) groups is 1. The van der Waals surface area contributed by atoms with E-state index < -0.39 is 6.10 Å². The number of ether oxygens (including phenoxy) is 1. The van der Waals surface area contributed by atoms with Crippen LogP contribution in [0.4, 0.5) is 5.69 Å². The average Bonchev–Trinajstić information content (AvgIpc) is 3.69. The summed E-state index contributed by atoms with van der Waals surface area (Å²) in [6, 6.07) is 36.3. The van der Waals surface area contributed by atoms with Crippen molar-refractivity contribution in [2.24, 2.45) is 0 Å². The van der Waals surface area contributed by atoms with Crippen LogP contribution in [-0.4, -0.2) is 28.2 Å². The number of hydrogen-bond donors (Lipinski definition) is 0. The van der Waals surface area contributed by atoms with E-state index in [2.05, 4.69) is 117 Å². The summed E-state index contributed by atoms with van der Waals surface area (Å²) in [5, 5.41) is 2.20. The van der Waals surface area contributed by atoms with Crippen LogP contribution in [0.1, 0.15) is 70.9 Å². The fourth-order valence-corrected chi connectivity index (χ4v) is 7.63. The van der Waals surface area contributed by atoms with Crippen molar-refractivity contribution in [3.8, 4) is 12.5 Å². The van der Waals surface area contributed by atoms with Gasteiger partial charge in [0.15, 0.2) is 6.10 Å². The zero-order chi connectivity index (χ0) is 32.8. The lowest BCUT2D eigenvalue weighted by Gasteiger charge is -2.25. The molecule has 4 aromatic carbocycles. The SMILES string of the molecule is C#Cn1c(C)c(C(=C(c2ccc(N(CC)CC)cc2)C2OC(=O)c3ccccc32)c2c(C)n(CC)c3ccccc23)c2ccccc21. The van der Waals surface area contributed by atoms with Gasteiger partial charge in [-0.1, -0.05) is 73.2 Å². The van der Waals surface area contributed by atoms with Gasteiger partial charge in [-0.05, 0) is 70.5 Å². The van der Waals surface area contributed by atoms with Crippen LogP contribution in [0.5, 0.6) is 0 Å². The minimum Gasteiger partial charge on any atom is -0.449 e. The van der Waals surface area contributed by atoms with E-state index in [1.807, 2.05) is 34.9 Å². The van der Waals surface area contributed by atoms with E-state index >= 15 is 0 Å². The second kappa shape index (κ2) is 12.0. The molecule has 0 saturated heterocycles. The fraction of sp³-hybridized carbons (Fsp3) is 0.214. The quantitative estimate of drug-likeness (QED) is 0.126. The van der Waals surface area contributed by atoms with Gasteiger partial charge in [0.25, 0.3) is 0 Å². The van der Waals surface area contributed by atoms with Crippen LogP contribution in [0.2, 0.25) is 0 Å². The Balaban J connectivity index is 1.69. The van der Waals surface area contributed by atoms with E-state index in [0.29, 0.717) is 5.56 Å². The second-order valence-electron chi connectivity index (χ2n) is 12.0. The fourth-order valence-electron chi connectivity index (χ4n) is 7.63. The number of nitrogens with zero attached hydrogens (tertiary/aromatic N) is 3. The van der Waals surface area contributed by atoms with E-state index in [1.54, 1.807) is 0 Å². The molecule has 1 atom stereocenters. The Bertz CT molecular complexity index is 2240. The number of benzene rings is 4. The van der Waals surface area contributed by atoms with Crippen molar-refractivity contribution in [2.45, 2.75) is 47.3 Å². The third-order valence-corrected chi connectivity index (χ3v) is 9.81.